The molecule has 1 saturated heterocycles. The van der Waals surface area contributed by atoms with Crippen LogP contribution in [0.15, 0.2) is 59.8 Å². The predicted octanol–water partition coefficient (Wildman–Crippen LogP) is 1.62. The molecule has 4 rings (SSSR count). The number of hydrogen-bond donors (Lipinski definition) is 1. The van der Waals surface area contributed by atoms with Crippen molar-refractivity contribution < 1.29 is 13.2 Å². The number of ether oxygens (including phenoxy) is 1. The number of piperidine rings is 1. The maximum Gasteiger partial charge on any atom is 0.240 e. The predicted molar refractivity (Wildman–Crippen MR) is 108 cm³/mol. The van der Waals surface area contributed by atoms with Crippen LogP contribution in [0.4, 0.5) is 5.69 Å². The zero-order valence-corrected chi connectivity index (χ0v) is 16.8. The number of nitrogens with one attached hydrogen (secondary N) is 1. The second-order valence-corrected chi connectivity index (χ2v) is 8.55. The summed E-state index contributed by atoms with van der Waals surface area (Å²) in [6.45, 7) is 1.56. The maximum atomic E-state index is 12.8. The Labute approximate surface area is 169 Å². The van der Waals surface area contributed by atoms with Crippen LogP contribution in [0.1, 0.15) is 12.8 Å². The van der Waals surface area contributed by atoms with E-state index in [9.17, 15) is 8.42 Å². The van der Waals surface area contributed by atoms with Gasteiger partial charge in [-0.1, -0.05) is 6.07 Å². The molecule has 0 spiro atoms. The molecule has 9 nitrogen and oxygen atoms in total. The van der Waals surface area contributed by atoms with Crippen LogP contribution in [0.25, 0.3) is 5.69 Å². The molecular weight excluding hydrogens is 392 g/mol. The largest absolute Gasteiger partial charge is 0.497 e. The van der Waals surface area contributed by atoms with Gasteiger partial charge in [-0.25, -0.2) is 17.8 Å². The lowest BCUT2D eigenvalue weighted by Crippen LogP contribution is -2.44. The zero-order chi connectivity index (χ0) is 20.3. The average molecular weight is 414 g/mol. The van der Waals surface area contributed by atoms with Gasteiger partial charge in [-0.3, -0.25) is 0 Å². The van der Waals surface area contributed by atoms with Gasteiger partial charge in [0.1, 0.15) is 12.1 Å². The molecule has 10 heteroatoms. The van der Waals surface area contributed by atoms with Gasteiger partial charge in [0.2, 0.25) is 10.0 Å². The molecule has 1 N–H and O–H groups in total. The Morgan fingerprint density at radius 2 is 1.83 bits per heavy atom. The van der Waals surface area contributed by atoms with Crippen LogP contribution in [-0.2, 0) is 10.0 Å². The van der Waals surface area contributed by atoms with Gasteiger partial charge in [-0.05, 0) is 65.7 Å². The molecule has 1 fully saturated rings. The second kappa shape index (κ2) is 8.18. The first-order chi connectivity index (χ1) is 14.0. The Kier molecular flexibility index (Phi) is 5.45. The average Bonchev–Trinajstić information content (AvgIpc) is 3.29. The summed E-state index contributed by atoms with van der Waals surface area (Å²) in [6.07, 6.45) is 2.89. The number of anilines is 1. The van der Waals surface area contributed by atoms with Crippen LogP contribution in [-0.4, -0.2) is 54.9 Å². The molecule has 0 saturated carbocycles. The number of sulfonamides is 1. The minimum absolute atomic E-state index is 0.105. The minimum Gasteiger partial charge on any atom is -0.497 e. The summed E-state index contributed by atoms with van der Waals surface area (Å²) in [4.78, 5) is 2.45. The number of methoxy groups -OCH3 is 1. The standard InChI is InChI=1S/C19H22N6O3S/c1-28-18-7-5-16(6-8-18)24-11-9-15(10-12-24)21-29(26,27)19-4-2-3-17(13-19)25-14-20-22-23-25/h2-8,13-15,21H,9-12H2,1H3. The Morgan fingerprint density at radius 1 is 1.07 bits per heavy atom. The van der Waals surface area contributed by atoms with E-state index in [-0.39, 0.29) is 10.9 Å². The molecule has 2 heterocycles. The molecule has 1 aliphatic rings. The number of nitrogens with zero attached hydrogens (tertiary/aromatic N) is 5. The van der Waals surface area contributed by atoms with Crippen molar-refractivity contribution >= 4 is 15.7 Å². The van der Waals surface area contributed by atoms with Gasteiger partial charge in [0, 0.05) is 24.8 Å². The molecule has 0 unspecified atom stereocenters. The quantitative estimate of drug-likeness (QED) is 0.654. The van der Waals surface area contributed by atoms with Crippen LogP contribution in [0.2, 0.25) is 0 Å². The van der Waals surface area contributed by atoms with Gasteiger partial charge in [-0.15, -0.1) is 5.10 Å². The first-order valence-electron chi connectivity index (χ1n) is 9.30. The minimum atomic E-state index is -3.63. The molecule has 3 aromatic rings. The van der Waals surface area contributed by atoms with Gasteiger partial charge >= 0.3 is 0 Å². The summed E-state index contributed by atoms with van der Waals surface area (Å²) in [5.74, 6) is 0.820. The lowest BCUT2D eigenvalue weighted by atomic mass is 10.1. The number of hydrogen-bond acceptors (Lipinski definition) is 7. The van der Waals surface area contributed by atoms with Crippen molar-refractivity contribution in [2.75, 3.05) is 25.1 Å². The Hall–Kier alpha value is -2.98. The summed E-state index contributed by atoms with van der Waals surface area (Å²) in [6, 6.07) is 14.4. The lowest BCUT2D eigenvalue weighted by molar-refractivity contribution is 0.414. The van der Waals surface area contributed by atoms with E-state index in [1.54, 1.807) is 31.4 Å². The first kappa shape index (κ1) is 19.3. The molecule has 152 valence electrons. The third-order valence-corrected chi connectivity index (χ3v) is 6.51. The highest BCUT2D eigenvalue weighted by atomic mass is 32.2. The van der Waals surface area contributed by atoms with Crippen LogP contribution in [0, 0.1) is 0 Å². The smallest absolute Gasteiger partial charge is 0.240 e. The fourth-order valence-corrected chi connectivity index (χ4v) is 4.75. The summed E-state index contributed by atoms with van der Waals surface area (Å²) < 4.78 is 35.1. The number of rotatable bonds is 6. The fraction of sp³-hybridized carbons (Fsp3) is 0.316. The van der Waals surface area contributed by atoms with Crippen molar-refractivity contribution in [2.45, 2.75) is 23.8 Å². The summed E-state index contributed by atoms with van der Waals surface area (Å²) >= 11 is 0. The molecule has 0 amide bonds. The van der Waals surface area contributed by atoms with Crippen LogP contribution in [0.5, 0.6) is 5.75 Å². The highest BCUT2D eigenvalue weighted by molar-refractivity contribution is 7.89. The third kappa shape index (κ3) is 4.38. The van der Waals surface area contributed by atoms with Crippen molar-refractivity contribution in [3.8, 4) is 11.4 Å². The van der Waals surface area contributed by atoms with Gasteiger partial charge in [0.25, 0.3) is 0 Å². The van der Waals surface area contributed by atoms with Crippen molar-refractivity contribution in [3.63, 3.8) is 0 Å². The van der Waals surface area contributed by atoms with Crippen LogP contribution >= 0.6 is 0 Å². The van der Waals surface area contributed by atoms with Crippen molar-refractivity contribution in [2.24, 2.45) is 0 Å². The van der Waals surface area contributed by atoms with Crippen molar-refractivity contribution in [3.05, 3.63) is 54.9 Å². The zero-order valence-electron chi connectivity index (χ0n) is 16.0. The summed E-state index contributed by atoms with van der Waals surface area (Å²) in [5, 5.41) is 11.0. The Bertz CT molecular complexity index is 1050. The van der Waals surface area contributed by atoms with E-state index in [0.29, 0.717) is 5.69 Å². The first-order valence-corrected chi connectivity index (χ1v) is 10.8. The fourth-order valence-electron chi connectivity index (χ4n) is 3.41. The monoisotopic (exact) mass is 414 g/mol. The molecule has 29 heavy (non-hydrogen) atoms. The molecule has 1 aliphatic heterocycles. The molecule has 0 aliphatic carbocycles. The molecule has 0 radical (unpaired) electrons. The Morgan fingerprint density at radius 3 is 2.48 bits per heavy atom. The number of tetrazole rings is 1. The topological polar surface area (TPSA) is 102 Å². The van der Waals surface area contributed by atoms with Crippen LogP contribution in [0.3, 0.4) is 0 Å². The summed E-state index contributed by atoms with van der Waals surface area (Å²) in [7, 11) is -1.99. The van der Waals surface area contributed by atoms with Gasteiger partial charge in [0.05, 0.1) is 17.7 Å². The normalized spacial score (nSPS) is 15.4. The van der Waals surface area contributed by atoms with E-state index in [2.05, 4.69) is 25.1 Å². The highest BCUT2D eigenvalue weighted by Crippen LogP contribution is 2.24. The summed E-state index contributed by atoms with van der Waals surface area (Å²) in [5.41, 5.74) is 1.70. The molecule has 1 aromatic heterocycles. The number of aromatic nitrogens is 4. The lowest BCUT2D eigenvalue weighted by Gasteiger charge is -2.33. The highest BCUT2D eigenvalue weighted by Gasteiger charge is 2.25. The Balaban J connectivity index is 1.40. The van der Waals surface area contributed by atoms with Gasteiger partial charge in [0.15, 0.2) is 0 Å². The third-order valence-electron chi connectivity index (χ3n) is 5.00. The molecule has 2 aromatic carbocycles. The van der Waals surface area contributed by atoms with Crippen molar-refractivity contribution in [1.82, 2.24) is 24.9 Å². The SMILES string of the molecule is COc1ccc(N2CCC(NS(=O)(=O)c3cccc(-n4cnnn4)c3)CC2)cc1. The van der Waals surface area contributed by atoms with E-state index in [1.165, 1.54) is 11.0 Å². The molecule has 0 atom stereocenters. The second-order valence-electron chi connectivity index (χ2n) is 6.83. The van der Waals surface area contributed by atoms with E-state index in [1.807, 2.05) is 24.3 Å². The molecule has 0 bridgehead atoms. The van der Waals surface area contributed by atoms with E-state index < -0.39 is 10.0 Å². The van der Waals surface area contributed by atoms with E-state index in [4.69, 9.17) is 4.74 Å². The number of benzene rings is 2. The van der Waals surface area contributed by atoms with Gasteiger partial charge < -0.3 is 9.64 Å². The van der Waals surface area contributed by atoms with Crippen molar-refractivity contribution in [1.29, 1.82) is 0 Å². The van der Waals surface area contributed by atoms with E-state index >= 15 is 0 Å². The van der Waals surface area contributed by atoms with Crippen LogP contribution < -0.4 is 14.4 Å². The maximum absolute atomic E-state index is 12.8. The molecular formula is C19H22N6O3S. The van der Waals surface area contributed by atoms with E-state index in [0.717, 1.165) is 37.4 Å². The van der Waals surface area contributed by atoms with Gasteiger partial charge in [-0.2, -0.15) is 0 Å².